The molecule has 0 radical (unpaired) electrons. The molecule has 156 valence electrons. The van der Waals surface area contributed by atoms with Crippen molar-refractivity contribution in [2.45, 2.75) is 19.4 Å². The zero-order valence-corrected chi connectivity index (χ0v) is 17.1. The van der Waals surface area contributed by atoms with Crippen LogP contribution in [-0.2, 0) is 0 Å². The van der Waals surface area contributed by atoms with Gasteiger partial charge in [0.1, 0.15) is 34.2 Å². The van der Waals surface area contributed by atoms with E-state index in [0.29, 0.717) is 34.1 Å². The summed E-state index contributed by atoms with van der Waals surface area (Å²) in [6, 6.07) is 6.59. The minimum absolute atomic E-state index is 0.123. The van der Waals surface area contributed by atoms with Gasteiger partial charge in [0, 0.05) is 17.7 Å². The predicted molar refractivity (Wildman–Crippen MR) is 111 cm³/mol. The van der Waals surface area contributed by atoms with Crippen molar-refractivity contribution in [3.05, 3.63) is 53.1 Å². The van der Waals surface area contributed by atoms with E-state index in [1.165, 1.54) is 14.2 Å². The maximum absolute atomic E-state index is 13.1. The first-order valence-electron chi connectivity index (χ1n) is 9.35. The Bertz CT molecular complexity index is 1080. The van der Waals surface area contributed by atoms with Crippen molar-refractivity contribution in [2.24, 2.45) is 0 Å². The van der Waals surface area contributed by atoms with Crippen LogP contribution in [-0.4, -0.2) is 37.5 Å². The number of methoxy groups -OCH3 is 2. The maximum atomic E-state index is 13.1. The van der Waals surface area contributed by atoms with Crippen LogP contribution in [0, 0.1) is 0 Å². The van der Waals surface area contributed by atoms with Crippen LogP contribution in [0.5, 0.6) is 28.7 Å². The van der Waals surface area contributed by atoms with E-state index in [0.717, 1.165) is 6.08 Å². The summed E-state index contributed by atoms with van der Waals surface area (Å²) in [6.45, 7) is 3.98. The molecule has 1 N–H and O–H groups in total. The van der Waals surface area contributed by atoms with Crippen molar-refractivity contribution in [2.75, 3.05) is 21.0 Å². The molecule has 0 spiro atoms. The lowest BCUT2D eigenvalue weighted by Crippen LogP contribution is -2.27. The summed E-state index contributed by atoms with van der Waals surface area (Å²) in [5.74, 6) is 1.57. The molecular formula is C23H22O7. The zero-order valence-electron chi connectivity index (χ0n) is 17.1. The molecule has 0 aromatic heterocycles. The fraction of sp³-hybridized carbons (Fsp3) is 0.261. The number of fused-ring (bicyclic) bond motifs is 2. The van der Waals surface area contributed by atoms with Crippen LogP contribution in [0.2, 0.25) is 0 Å². The second-order valence-corrected chi connectivity index (χ2v) is 7.40. The van der Waals surface area contributed by atoms with Crippen LogP contribution in [0.4, 0.5) is 0 Å². The predicted octanol–water partition coefficient (Wildman–Crippen LogP) is 4.40. The van der Waals surface area contributed by atoms with Gasteiger partial charge in [-0.3, -0.25) is 4.79 Å². The standard InChI is InChI=1S/C23H22O7/c1-23(2)8-7-14-18(30-23)11-20(26-3)21(22(14)27-4)16(25)10-15(24)13-5-6-17-19(9-13)29-12-28-17/h5-11,24H,12H2,1-4H3/b15-10-. The molecule has 0 saturated heterocycles. The summed E-state index contributed by atoms with van der Waals surface area (Å²) in [6.07, 6.45) is 4.87. The molecular weight excluding hydrogens is 388 g/mol. The van der Waals surface area contributed by atoms with E-state index in [2.05, 4.69) is 0 Å². The summed E-state index contributed by atoms with van der Waals surface area (Å²) in [5.41, 5.74) is 0.760. The van der Waals surface area contributed by atoms with Crippen LogP contribution in [0.15, 0.2) is 36.4 Å². The first-order valence-corrected chi connectivity index (χ1v) is 9.35. The molecule has 2 aromatic rings. The number of ketones is 1. The molecule has 2 aliphatic rings. The quantitative estimate of drug-likeness (QED) is 0.444. The molecule has 2 aliphatic heterocycles. The molecule has 4 rings (SSSR count). The van der Waals surface area contributed by atoms with Gasteiger partial charge in [-0.15, -0.1) is 0 Å². The lowest BCUT2D eigenvalue weighted by Gasteiger charge is -2.29. The molecule has 7 heteroatoms. The first-order chi connectivity index (χ1) is 14.3. The van der Waals surface area contributed by atoms with Gasteiger partial charge in [0.15, 0.2) is 17.3 Å². The van der Waals surface area contributed by atoms with E-state index in [4.69, 9.17) is 23.7 Å². The van der Waals surface area contributed by atoms with Gasteiger partial charge >= 0.3 is 0 Å². The minimum atomic E-state index is -0.494. The third-order valence-corrected chi connectivity index (χ3v) is 4.88. The molecule has 0 atom stereocenters. The van der Waals surface area contributed by atoms with Gasteiger partial charge in [0.2, 0.25) is 6.79 Å². The van der Waals surface area contributed by atoms with Gasteiger partial charge in [-0.05, 0) is 44.2 Å². The van der Waals surface area contributed by atoms with E-state index in [-0.39, 0.29) is 23.9 Å². The Morgan fingerprint density at radius 1 is 1.10 bits per heavy atom. The van der Waals surface area contributed by atoms with Gasteiger partial charge < -0.3 is 28.8 Å². The number of benzene rings is 2. The average Bonchev–Trinajstić information content (AvgIpc) is 3.19. The van der Waals surface area contributed by atoms with E-state index in [9.17, 15) is 9.90 Å². The van der Waals surface area contributed by atoms with Gasteiger partial charge in [-0.1, -0.05) is 0 Å². The number of aliphatic hydroxyl groups is 1. The Morgan fingerprint density at radius 3 is 2.60 bits per heavy atom. The van der Waals surface area contributed by atoms with Crippen molar-refractivity contribution >= 4 is 17.6 Å². The zero-order chi connectivity index (χ0) is 21.5. The molecule has 0 fully saturated rings. The summed E-state index contributed by atoms with van der Waals surface area (Å²) < 4.78 is 27.6. The molecule has 0 saturated carbocycles. The Morgan fingerprint density at radius 2 is 1.87 bits per heavy atom. The minimum Gasteiger partial charge on any atom is -0.507 e. The summed E-state index contributed by atoms with van der Waals surface area (Å²) in [4.78, 5) is 13.1. The SMILES string of the molecule is COc1cc2c(c(OC)c1C(=O)/C=C(\O)c1ccc3c(c1)OCO3)C=CC(C)(C)O2. The molecule has 0 aliphatic carbocycles. The van der Waals surface area contributed by atoms with Crippen LogP contribution in [0.25, 0.3) is 11.8 Å². The topological polar surface area (TPSA) is 83.5 Å². The largest absolute Gasteiger partial charge is 0.507 e. The van der Waals surface area contributed by atoms with Crippen LogP contribution >= 0.6 is 0 Å². The third-order valence-electron chi connectivity index (χ3n) is 4.88. The van der Waals surface area contributed by atoms with E-state index < -0.39 is 11.4 Å². The number of ether oxygens (including phenoxy) is 5. The molecule has 0 bridgehead atoms. The van der Waals surface area contributed by atoms with Crippen LogP contribution < -0.4 is 23.7 Å². The molecule has 0 unspecified atom stereocenters. The van der Waals surface area contributed by atoms with Crippen LogP contribution in [0.3, 0.4) is 0 Å². The summed E-state index contributed by atoms with van der Waals surface area (Å²) in [5, 5.41) is 10.5. The van der Waals surface area contributed by atoms with Gasteiger partial charge in [0.25, 0.3) is 0 Å². The lowest BCUT2D eigenvalue weighted by atomic mass is 9.96. The summed E-state index contributed by atoms with van der Waals surface area (Å²) >= 11 is 0. The van der Waals surface area contributed by atoms with Crippen molar-refractivity contribution in [3.63, 3.8) is 0 Å². The highest BCUT2D eigenvalue weighted by molar-refractivity contribution is 6.12. The molecule has 2 aromatic carbocycles. The Balaban J connectivity index is 1.76. The van der Waals surface area contributed by atoms with E-state index in [1.807, 2.05) is 26.0 Å². The number of hydrogen-bond donors (Lipinski definition) is 1. The highest BCUT2D eigenvalue weighted by Gasteiger charge is 2.29. The molecule has 7 nitrogen and oxygen atoms in total. The molecule has 2 heterocycles. The van der Waals surface area contributed by atoms with Crippen molar-refractivity contribution in [3.8, 4) is 28.7 Å². The third kappa shape index (κ3) is 3.43. The van der Waals surface area contributed by atoms with Crippen molar-refractivity contribution in [1.29, 1.82) is 0 Å². The first kappa shape index (κ1) is 19.7. The smallest absolute Gasteiger partial charge is 0.231 e. The highest BCUT2D eigenvalue weighted by Crippen LogP contribution is 2.44. The number of aliphatic hydroxyl groups excluding tert-OH is 1. The van der Waals surface area contributed by atoms with E-state index >= 15 is 0 Å². The Kier molecular flexibility index (Phi) is 4.81. The summed E-state index contributed by atoms with van der Waals surface area (Å²) in [7, 11) is 2.93. The van der Waals surface area contributed by atoms with Crippen LogP contribution in [0.1, 0.15) is 35.3 Å². The number of rotatable bonds is 5. The Labute approximate surface area is 174 Å². The van der Waals surface area contributed by atoms with Gasteiger partial charge in [-0.2, -0.15) is 0 Å². The lowest BCUT2D eigenvalue weighted by molar-refractivity contribution is 0.104. The highest BCUT2D eigenvalue weighted by atomic mass is 16.7. The maximum Gasteiger partial charge on any atom is 0.231 e. The van der Waals surface area contributed by atoms with E-state index in [1.54, 1.807) is 24.3 Å². The van der Waals surface area contributed by atoms with Crippen molar-refractivity contribution in [1.82, 2.24) is 0 Å². The molecule has 30 heavy (non-hydrogen) atoms. The Hall–Kier alpha value is -3.61. The second kappa shape index (κ2) is 7.33. The number of allylic oxidation sites excluding steroid dienone is 1. The second-order valence-electron chi connectivity index (χ2n) is 7.40. The average molecular weight is 410 g/mol. The fourth-order valence-corrected chi connectivity index (χ4v) is 3.41. The monoisotopic (exact) mass is 410 g/mol. The van der Waals surface area contributed by atoms with Gasteiger partial charge in [0.05, 0.1) is 19.8 Å². The normalized spacial score (nSPS) is 15.9. The van der Waals surface area contributed by atoms with Gasteiger partial charge in [-0.25, -0.2) is 0 Å². The number of hydrogen-bond acceptors (Lipinski definition) is 7. The molecule has 0 amide bonds. The number of carbonyl (C=O) groups is 1. The number of carbonyl (C=O) groups excluding carboxylic acids is 1. The fourth-order valence-electron chi connectivity index (χ4n) is 3.41. The van der Waals surface area contributed by atoms with Crippen molar-refractivity contribution < 1.29 is 33.6 Å².